The van der Waals surface area contributed by atoms with Gasteiger partial charge in [0.1, 0.15) is 6.04 Å². The summed E-state index contributed by atoms with van der Waals surface area (Å²) in [5.74, 6) is -0.750. The number of rotatable bonds is 4. The zero-order chi connectivity index (χ0) is 15.5. The Kier molecular flexibility index (Phi) is 4.35. The van der Waals surface area contributed by atoms with Crippen molar-refractivity contribution in [1.29, 1.82) is 0 Å². The Morgan fingerprint density at radius 2 is 1.71 bits per heavy atom. The average Bonchev–Trinajstić information content (AvgIpc) is 2.44. The number of ether oxygens (including phenoxy) is 1. The summed E-state index contributed by atoms with van der Waals surface area (Å²) in [6.07, 6.45) is -4.50. The molecule has 112 valence electrons. The summed E-state index contributed by atoms with van der Waals surface area (Å²) in [7, 11) is 1.29. The lowest BCUT2D eigenvalue weighted by Crippen LogP contribution is -2.27. The monoisotopic (exact) mass is 299 g/mol. The van der Waals surface area contributed by atoms with E-state index in [1.165, 1.54) is 43.5 Å². The van der Waals surface area contributed by atoms with Gasteiger partial charge in [-0.15, -0.1) is 0 Å². The second-order valence-corrected chi connectivity index (χ2v) is 4.38. The highest BCUT2D eigenvalue weighted by Crippen LogP contribution is 2.36. The molecule has 0 saturated carbocycles. The Morgan fingerprint density at radius 1 is 1.05 bits per heavy atom. The fraction of sp³-hybridized carbons (Fsp3) is 0.200. The van der Waals surface area contributed by atoms with Crippen molar-refractivity contribution in [2.75, 3.05) is 12.4 Å². The maximum absolute atomic E-state index is 13.6. The molecular formula is C15H13F4NO. The molecule has 0 amide bonds. The number of nitrogens with one attached hydrogen (secondary N) is 1. The SMILES string of the molecule is COc1ccc(NC(c2ccccc2)C(F)(F)F)cc1F. The summed E-state index contributed by atoms with van der Waals surface area (Å²) in [5, 5.41) is 2.31. The third kappa shape index (κ3) is 3.65. The minimum Gasteiger partial charge on any atom is -0.494 e. The fourth-order valence-electron chi connectivity index (χ4n) is 1.92. The van der Waals surface area contributed by atoms with Gasteiger partial charge >= 0.3 is 6.18 Å². The summed E-state index contributed by atoms with van der Waals surface area (Å²) in [6, 6.07) is 9.07. The Labute approximate surface area is 119 Å². The first kappa shape index (κ1) is 15.2. The quantitative estimate of drug-likeness (QED) is 0.836. The van der Waals surface area contributed by atoms with Gasteiger partial charge in [-0.3, -0.25) is 0 Å². The van der Waals surface area contributed by atoms with Gasteiger partial charge in [0.05, 0.1) is 7.11 Å². The van der Waals surface area contributed by atoms with E-state index in [1.54, 1.807) is 6.07 Å². The van der Waals surface area contributed by atoms with Crippen molar-refractivity contribution in [2.24, 2.45) is 0 Å². The molecule has 0 radical (unpaired) electrons. The van der Waals surface area contributed by atoms with Crippen molar-refractivity contribution in [2.45, 2.75) is 12.2 Å². The van der Waals surface area contributed by atoms with Gasteiger partial charge in [0.2, 0.25) is 0 Å². The summed E-state index contributed by atoms with van der Waals surface area (Å²) < 4.78 is 57.8. The topological polar surface area (TPSA) is 21.3 Å². The van der Waals surface area contributed by atoms with Crippen molar-refractivity contribution in [1.82, 2.24) is 0 Å². The number of hydrogen-bond acceptors (Lipinski definition) is 2. The van der Waals surface area contributed by atoms with E-state index in [4.69, 9.17) is 4.74 Å². The molecule has 1 unspecified atom stereocenters. The largest absolute Gasteiger partial charge is 0.494 e. The van der Waals surface area contributed by atoms with Crippen LogP contribution in [-0.4, -0.2) is 13.3 Å². The molecule has 21 heavy (non-hydrogen) atoms. The highest BCUT2D eigenvalue weighted by Gasteiger charge is 2.40. The summed E-state index contributed by atoms with van der Waals surface area (Å²) in [5.41, 5.74) is 0.0840. The lowest BCUT2D eigenvalue weighted by atomic mass is 10.1. The second kappa shape index (κ2) is 6.03. The highest BCUT2D eigenvalue weighted by atomic mass is 19.4. The summed E-state index contributed by atoms with van der Waals surface area (Å²) in [6.45, 7) is 0. The number of methoxy groups -OCH3 is 1. The van der Waals surface area contributed by atoms with Crippen LogP contribution in [-0.2, 0) is 0 Å². The van der Waals surface area contributed by atoms with Crippen molar-refractivity contribution < 1.29 is 22.3 Å². The molecule has 0 bridgehead atoms. The maximum Gasteiger partial charge on any atom is 0.412 e. The molecule has 0 fully saturated rings. The Morgan fingerprint density at radius 3 is 2.24 bits per heavy atom. The van der Waals surface area contributed by atoms with Crippen molar-refractivity contribution in [3.8, 4) is 5.75 Å². The Bertz CT molecular complexity index is 598. The Hall–Kier alpha value is -2.24. The molecule has 0 saturated heterocycles. The summed E-state index contributed by atoms with van der Waals surface area (Å²) in [4.78, 5) is 0. The van der Waals surface area contributed by atoms with E-state index in [9.17, 15) is 17.6 Å². The van der Waals surface area contributed by atoms with E-state index >= 15 is 0 Å². The van der Waals surface area contributed by atoms with E-state index in [-0.39, 0.29) is 17.0 Å². The predicted octanol–water partition coefficient (Wildman–Crippen LogP) is 4.55. The minimum absolute atomic E-state index is 0.0242. The van der Waals surface area contributed by atoms with Gasteiger partial charge in [-0.1, -0.05) is 30.3 Å². The van der Waals surface area contributed by atoms with E-state index in [0.717, 1.165) is 6.07 Å². The zero-order valence-electron chi connectivity index (χ0n) is 11.1. The molecule has 2 aromatic rings. The van der Waals surface area contributed by atoms with E-state index in [1.807, 2.05) is 0 Å². The minimum atomic E-state index is -4.50. The van der Waals surface area contributed by atoms with Crippen LogP contribution < -0.4 is 10.1 Å². The summed E-state index contributed by atoms with van der Waals surface area (Å²) >= 11 is 0. The van der Waals surface area contributed by atoms with E-state index in [2.05, 4.69) is 5.32 Å². The molecule has 0 spiro atoms. The highest BCUT2D eigenvalue weighted by molar-refractivity contribution is 5.49. The van der Waals surface area contributed by atoms with Gasteiger partial charge in [0.15, 0.2) is 11.6 Å². The lowest BCUT2D eigenvalue weighted by Gasteiger charge is -2.23. The third-order valence-electron chi connectivity index (χ3n) is 2.92. The number of anilines is 1. The van der Waals surface area contributed by atoms with Crippen molar-refractivity contribution >= 4 is 5.69 Å². The number of benzene rings is 2. The van der Waals surface area contributed by atoms with Gasteiger partial charge in [0, 0.05) is 11.8 Å². The lowest BCUT2D eigenvalue weighted by molar-refractivity contribution is -0.144. The van der Waals surface area contributed by atoms with E-state index in [0.29, 0.717) is 0 Å². The number of hydrogen-bond donors (Lipinski definition) is 1. The van der Waals surface area contributed by atoms with Crippen LogP contribution in [0.5, 0.6) is 5.75 Å². The molecule has 6 heteroatoms. The van der Waals surface area contributed by atoms with Gasteiger partial charge in [-0.2, -0.15) is 13.2 Å². The van der Waals surface area contributed by atoms with Crippen LogP contribution in [0.2, 0.25) is 0 Å². The van der Waals surface area contributed by atoms with Gasteiger partial charge in [-0.05, 0) is 17.7 Å². The molecule has 0 heterocycles. The van der Waals surface area contributed by atoms with Gasteiger partial charge < -0.3 is 10.1 Å². The number of alkyl halides is 3. The van der Waals surface area contributed by atoms with Crippen LogP contribution >= 0.6 is 0 Å². The molecule has 0 aliphatic carbocycles. The molecular weight excluding hydrogens is 286 g/mol. The van der Waals surface area contributed by atoms with Crippen LogP contribution in [0, 0.1) is 5.82 Å². The Balaban J connectivity index is 2.30. The maximum atomic E-state index is 13.6. The number of halogens is 4. The van der Waals surface area contributed by atoms with Crippen LogP contribution in [0.1, 0.15) is 11.6 Å². The standard InChI is InChI=1S/C15H13F4NO/c1-21-13-8-7-11(9-12(13)16)20-14(15(17,18)19)10-5-3-2-4-6-10/h2-9,14,20H,1H3. The van der Waals surface area contributed by atoms with Crippen molar-refractivity contribution in [3.63, 3.8) is 0 Å². The molecule has 0 aromatic heterocycles. The second-order valence-electron chi connectivity index (χ2n) is 4.38. The smallest absolute Gasteiger partial charge is 0.412 e. The van der Waals surface area contributed by atoms with Gasteiger partial charge in [0.25, 0.3) is 0 Å². The van der Waals surface area contributed by atoms with E-state index < -0.39 is 18.0 Å². The zero-order valence-corrected chi connectivity index (χ0v) is 11.1. The molecule has 0 aliphatic rings. The molecule has 0 aliphatic heterocycles. The molecule has 2 rings (SSSR count). The first-order valence-electron chi connectivity index (χ1n) is 6.13. The first-order chi connectivity index (χ1) is 9.91. The molecule has 1 N–H and O–H groups in total. The van der Waals surface area contributed by atoms with Crippen LogP contribution in [0.3, 0.4) is 0 Å². The van der Waals surface area contributed by atoms with Crippen LogP contribution in [0.4, 0.5) is 23.2 Å². The van der Waals surface area contributed by atoms with Crippen LogP contribution in [0.15, 0.2) is 48.5 Å². The van der Waals surface area contributed by atoms with Crippen molar-refractivity contribution in [3.05, 3.63) is 59.9 Å². The normalized spacial score (nSPS) is 12.8. The van der Waals surface area contributed by atoms with Gasteiger partial charge in [-0.25, -0.2) is 4.39 Å². The third-order valence-corrected chi connectivity index (χ3v) is 2.92. The molecule has 1 atom stereocenters. The predicted molar refractivity (Wildman–Crippen MR) is 71.8 cm³/mol. The molecule has 2 nitrogen and oxygen atoms in total. The molecule has 2 aromatic carbocycles. The first-order valence-corrected chi connectivity index (χ1v) is 6.13. The fourth-order valence-corrected chi connectivity index (χ4v) is 1.92. The van der Waals surface area contributed by atoms with Crippen LogP contribution in [0.25, 0.3) is 0 Å². The average molecular weight is 299 g/mol.